The summed E-state index contributed by atoms with van der Waals surface area (Å²) in [5, 5.41) is 2.74. The van der Waals surface area contributed by atoms with E-state index in [1.165, 1.54) is 6.42 Å². The summed E-state index contributed by atoms with van der Waals surface area (Å²) in [6.07, 6.45) is 4.22. The van der Waals surface area contributed by atoms with Gasteiger partial charge in [0.05, 0.1) is 0 Å². The van der Waals surface area contributed by atoms with Crippen LogP contribution >= 0.6 is 0 Å². The zero-order valence-corrected chi connectivity index (χ0v) is 6.94. The van der Waals surface area contributed by atoms with Crippen LogP contribution in [0.3, 0.4) is 0 Å². The zero-order valence-electron chi connectivity index (χ0n) is 6.94. The molecule has 1 rings (SSSR count). The first kappa shape index (κ1) is 9.47. The predicted octanol–water partition coefficient (Wildman–Crippen LogP) is 1.70. The van der Waals surface area contributed by atoms with Crippen molar-refractivity contribution in [1.29, 1.82) is 0 Å². The lowest BCUT2D eigenvalue weighted by molar-refractivity contribution is -0.122. The van der Waals surface area contributed by atoms with Crippen LogP contribution in [0, 0.1) is 0 Å². The SMILES string of the molecule is CCC.O=C1CCCCN1. The summed E-state index contributed by atoms with van der Waals surface area (Å²) in [5.74, 6) is 0.214. The summed E-state index contributed by atoms with van der Waals surface area (Å²) < 4.78 is 0. The molecule has 0 radical (unpaired) electrons. The van der Waals surface area contributed by atoms with E-state index in [-0.39, 0.29) is 5.91 Å². The van der Waals surface area contributed by atoms with Crippen LogP contribution in [-0.2, 0) is 4.79 Å². The molecular weight excluding hydrogens is 126 g/mol. The molecule has 1 aliphatic rings. The molecule has 1 heterocycles. The van der Waals surface area contributed by atoms with Crippen molar-refractivity contribution in [2.45, 2.75) is 39.5 Å². The van der Waals surface area contributed by atoms with Crippen molar-refractivity contribution in [3.63, 3.8) is 0 Å². The zero-order chi connectivity index (χ0) is 7.82. The monoisotopic (exact) mass is 143 g/mol. The van der Waals surface area contributed by atoms with Crippen LogP contribution in [0.2, 0.25) is 0 Å². The van der Waals surface area contributed by atoms with Gasteiger partial charge in [0.15, 0.2) is 0 Å². The largest absolute Gasteiger partial charge is 0.356 e. The molecule has 60 valence electrons. The first-order valence-electron chi connectivity index (χ1n) is 4.08. The Labute approximate surface area is 63.0 Å². The predicted molar refractivity (Wildman–Crippen MR) is 42.8 cm³/mol. The number of hydrogen-bond acceptors (Lipinski definition) is 1. The molecule has 1 fully saturated rings. The molecule has 0 unspecified atom stereocenters. The molecule has 0 saturated carbocycles. The van der Waals surface area contributed by atoms with E-state index < -0.39 is 0 Å². The van der Waals surface area contributed by atoms with E-state index in [1.807, 2.05) is 0 Å². The van der Waals surface area contributed by atoms with Crippen LogP contribution in [0.1, 0.15) is 39.5 Å². The standard InChI is InChI=1S/C5H9NO.C3H8/c7-5-3-1-2-4-6-5;1-3-2/h1-4H2,(H,6,7);3H2,1-2H3. The van der Waals surface area contributed by atoms with Crippen molar-refractivity contribution in [1.82, 2.24) is 5.32 Å². The molecule has 0 bridgehead atoms. The molecule has 1 aliphatic heterocycles. The van der Waals surface area contributed by atoms with Crippen LogP contribution in [0.4, 0.5) is 0 Å². The number of rotatable bonds is 0. The number of piperidine rings is 1. The maximum atomic E-state index is 10.4. The smallest absolute Gasteiger partial charge is 0.219 e. The second kappa shape index (κ2) is 6.59. The van der Waals surface area contributed by atoms with E-state index in [4.69, 9.17) is 0 Å². The van der Waals surface area contributed by atoms with Crippen molar-refractivity contribution < 1.29 is 4.79 Å². The summed E-state index contributed by atoms with van der Waals surface area (Å²) in [6, 6.07) is 0. The van der Waals surface area contributed by atoms with Gasteiger partial charge in [-0.2, -0.15) is 0 Å². The maximum Gasteiger partial charge on any atom is 0.219 e. The Bertz CT molecular complexity index is 83.3. The minimum absolute atomic E-state index is 0.214. The first-order chi connectivity index (χ1) is 4.81. The summed E-state index contributed by atoms with van der Waals surface area (Å²) in [4.78, 5) is 10.4. The average Bonchev–Trinajstić information content (AvgIpc) is 1.91. The number of nitrogens with one attached hydrogen (secondary N) is 1. The molecule has 0 atom stereocenters. The lowest BCUT2D eigenvalue weighted by atomic mass is 10.2. The third kappa shape index (κ3) is 5.60. The molecule has 0 aromatic carbocycles. The third-order valence-corrected chi connectivity index (χ3v) is 1.15. The van der Waals surface area contributed by atoms with Gasteiger partial charge in [-0.1, -0.05) is 20.3 Å². The van der Waals surface area contributed by atoms with Gasteiger partial charge in [0.25, 0.3) is 0 Å². The van der Waals surface area contributed by atoms with Gasteiger partial charge in [-0.3, -0.25) is 4.79 Å². The average molecular weight is 143 g/mol. The van der Waals surface area contributed by atoms with Crippen molar-refractivity contribution >= 4 is 5.91 Å². The minimum atomic E-state index is 0.214. The second-order valence-corrected chi connectivity index (χ2v) is 2.51. The fourth-order valence-electron chi connectivity index (χ4n) is 0.727. The fourth-order valence-corrected chi connectivity index (χ4v) is 0.727. The number of hydrogen-bond donors (Lipinski definition) is 1. The molecule has 2 nitrogen and oxygen atoms in total. The highest BCUT2D eigenvalue weighted by molar-refractivity contribution is 5.76. The summed E-state index contributed by atoms with van der Waals surface area (Å²) in [6.45, 7) is 5.14. The highest BCUT2D eigenvalue weighted by atomic mass is 16.1. The first-order valence-corrected chi connectivity index (χ1v) is 4.08. The maximum absolute atomic E-state index is 10.4. The van der Waals surface area contributed by atoms with E-state index in [1.54, 1.807) is 0 Å². The van der Waals surface area contributed by atoms with Crippen molar-refractivity contribution in [3.05, 3.63) is 0 Å². The van der Waals surface area contributed by atoms with Gasteiger partial charge in [-0.05, 0) is 12.8 Å². The lowest BCUT2D eigenvalue weighted by Gasteiger charge is -2.08. The summed E-state index contributed by atoms with van der Waals surface area (Å²) in [5.41, 5.74) is 0. The van der Waals surface area contributed by atoms with Gasteiger partial charge in [-0.25, -0.2) is 0 Å². The third-order valence-electron chi connectivity index (χ3n) is 1.15. The van der Waals surface area contributed by atoms with Gasteiger partial charge in [0.1, 0.15) is 0 Å². The Morgan fingerprint density at radius 2 is 2.00 bits per heavy atom. The van der Waals surface area contributed by atoms with Crippen LogP contribution in [0.5, 0.6) is 0 Å². The van der Waals surface area contributed by atoms with Gasteiger partial charge < -0.3 is 5.32 Å². The van der Waals surface area contributed by atoms with E-state index in [0.29, 0.717) is 0 Å². The van der Waals surface area contributed by atoms with Gasteiger partial charge in [0, 0.05) is 13.0 Å². The van der Waals surface area contributed by atoms with Crippen molar-refractivity contribution in [3.8, 4) is 0 Å². The van der Waals surface area contributed by atoms with Gasteiger partial charge >= 0.3 is 0 Å². The van der Waals surface area contributed by atoms with Crippen LogP contribution < -0.4 is 5.32 Å². The molecule has 1 amide bonds. The van der Waals surface area contributed by atoms with Crippen LogP contribution in [0.25, 0.3) is 0 Å². The Hall–Kier alpha value is -0.530. The quantitative estimate of drug-likeness (QED) is 0.549. The number of amides is 1. The minimum Gasteiger partial charge on any atom is -0.356 e. The molecular formula is C8H17NO. The molecule has 1 saturated heterocycles. The molecule has 0 aliphatic carbocycles. The highest BCUT2D eigenvalue weighted by Crippen LogP contribution is 1.98. The molecule has 2 heteroatoms. The lowest BCUT2D eigenvalue weighted by Crippen LogP contribution is -2.28. The number of carbonyl (C=O) groups is 1. The van der Waals surface area contributed by atoms with Crippen LogP contribution in [0.15, 0.2) is 0 Å². The molecule has 10 heavy (non-hydrogen) atoms. The Morgan fingerprint density at radius 3 is 2.20 bits per heavy atom. The van der Waals surface area contributed by atoms with Gasteiger partial charge in [0.2, 0.25) is 5.91 Å². The second-order valence-electron chi connectivity index (χ2n) is 2.51. The topological polar surface area (TPSA) is 29.1 Å². The molecule has 1 N–H and O–H groups in total. The molecule has 0 aromatic heterocycles. The van der Waals surface area contributed by atoms with E-state index in [0.717, 1.165) is 25.8 Å². The summed E-state index contributed by atoms with van der Waals surface area (Å²) in [7, 11) is 0. The number of carbonyl (C=O) groups excluding carboxylic acids is 1. The normalized spacial score (nSPS) is 16.8. The van der Waals surface area contributed by atoms with E-state index in [9.17, 15) is 4.79 Å². The Balaban J connectivity index is 0.000000236. The Kier molecular flexibility index (Phi) is 6.24. The molecule has 0 spiro atoms. The van der Waals surface area contributed by atoms with E-state index >= 15 is 0 Å². The fraction of sp³-hybridized carbons (Fsp3) is 0.875. The Morgan fingerprint density at radius 1 is 1.40 bits per heavy atom. The van der Waals surface area contributed by atoms with E-state index in [2.05, 4.69) is 19.2 Å². The van der Waals surface area contributed by atoms with Crippen LogP contribution in [-0.4, -0.2) is 12.5 Å². The van der Waals surface area contributed by atoms with Crippen molar-refractivity contribution in [2.24, 2.45) is 0 Å². The van der Waals surface area contributed by atoms with Crippen molar-refractivity contribution in [2.75, 3.05) is 6.54 Å². The highest BCUT2D eigenvalue weighted by Gasteiger charge is 2.04. The summed E-state index contributed by atoms with van der Waals surface area (Å²) >= 11 is 0. The molecule has 0 aromatic rings. The van der Waals surface area contributed by atoms with Gasteiger partial charge in [-0.15, -0.1) is 0 Å².